The van der Waals surface area contributed by atoms with E-state index in [2.05, 4.69) is 20.3 Å². The molecular weight excluding hydrogens is 429 g/mol. The van der Waals surface area contributed by atoms with E-state index in [4.69, 9.17) is 11.0 Å². The predicted octanol–water partition coefficient (Wildman–Crippen LogP) is 1.45. The summed E-state index contributed by atoms with van der Waals surface area (Å²) in [6, 6.07) is 6.65. The number of piperazine rings is 1. The summed E-state index contributed by atoms with van der Waals surface area (Å²) >= 11 is 0. The van der Waals surface area contributed by atoms with Crippen molar-refractivity contribution in [2.24, 2.45) is 0 Å². The molecule has 1 aromatic carbocycles. The van der Waals surface area contributed by atoms with Gasteiger partial charge in [-0.15, -0.1) is 5.10 Å². The number of fused-ring (bicyclic) bond motifs is 1. The molecule has 1 aliphatic heterocycles. The number of aromatic nitrogens is 5. The van der Waals surface area contributed by atoms with Crippen LogP contribution >= 0.6 is 0 Å². The van der Waals surface area contributed by atoms with Gasteiger partial charge in [0.2, 0.25) is 0 Å². The van der Waals surface area contributed by atoms with Crippen molar-refractivity contribution in [3.8, 4) is 5.82 Å². The molecule has 0 spiro atoms. The van der Waals surface area contributed by atoms with Crippen LogP contribution in [0.2, 0.25) is 0 Å². The molecule has 0 radical (unpaired) electrons. The maximum absolute atomic E-state index is 14.9. The Morgan fingerprint density at radius 1 is 1.06 bits per heavy atom. The fourth-order valence-corrected chi connectivity index (χ4v) is 3.15. The second-order valence-electron chi connectivity index (χ2n) is 6.65. The van der Waals surface area contributed by atoms with Crippen molar-refractivity contribution in [2.45, 2.75) is 0 Å². The number of benzene rings is 1. The third kappa shape index (κ3) is 3.63. The third-order valence-electron chi connectivity index (χ3n) is 4.70. The molecule has 1 aliphatic rings. The van der Waals surface area contributed by atoms with Gasteiger partial charge in [0.25, 0.3) is 17.6 Å². The summed E-state index contributed by atoms with van der Waals surface area (Å²) in [4.78, 5) is 45.8. The molecule has 0 saturated carbocycles. The number of halogens is 1. The number of nitrogens with one attached hydrogen (secondary N) is 1. The molecule has 4 aromatic rings. The van der Waals surface area contributed by atoms with E-state index in [1.165, 1.54) is 42.7 Å². The van der Waals surface area contributed by atoms with E-state index in [0.717, 1.165) is 17.1 Å². The van der Waals surface area contributed by atoms with Crippen LogP contribution in [0.1, 0.15) is 31.7 Å². The number of hydrogen-bond donors (Lipinski definition) is 1. The van der Waals surface area contributed by atoms with E-state index in [9.17, 15) is 18.8 Å². The van der Waals surface area contributed by atoms with Gasteiger partial charge in [-0.05, 0) is 12.1 Å². The Balaban J connectivity index is 1.61. The highest BCUT2D eigenvalue weighted by molar-refractivity contribution is 6.45. The normalized spacial score (nSPS) is 23.7. The van der Waals surface area contributed by atoms with Crippen molar-refractivity contribution in [1.82, 2.24) is 34.8 Å². The summed E-state index contributed by atoms with van der Waals surface area (Å²) in [6.07, 6.45) is 4.26. The quantitative estimate of drug-likeness (QED) is 0.368. The summed E-state index contributed by atoms with van der Waals surface area (Å²) in [5.74, 6) is -6.24. The summed E-state index contributed by atoms with van der Waals surface area (Å²) in [7, 11) is 0. The minimum absolute atomic E-state index is 0.0308. The van der Waals surface area contributed by atoms with E-state index in [1.54, 1.807) is 0 Å². The second-order valence-corrected chi connectivity index (χ2v) is 6.65. The van der Waals surface area contributed by atoms with Crippen LogP contribution in [0.25, 0.3) is 16.7 Å². The van der Waals surface area contributed by atoms with Crippen LogP contribution in [0.15, 0.2) is 55.1 Å². The first-order valence-electron chi connectivity index (χ1n) is 13.4. The molecule has 4 heterocycles. The van der Waals surface area contributed by atoms with Crippen molar-refractivity contribution in [2.75, 3.05) is 26.0 Å². The van der Waals surface area contributed by atoms with Crippen LogP contribution in [0.3, 0.4) is 0 Å². The molecule has 2 amide bonds. The molecule has 3 aromatic heterocycles. The number of aromatic amines is 1. The Hall–Kier alpha value is -4.41. The average molecular weight is 455 g/mol. The average Bonchev–Trinajstić information content (AvgIpc) is 3.59. The Morgan fingerprint density at radius 2 is 1.79 bits per heavy atom. The highest BCUT2D eigenvalue weighted by Crippen LogP contribution is 2.26. The minimum Gasteiger partial charge on any atom is -0.357 e. The van der Waals surface area contributed by atoms with E-state index in [0.29, 0.717) is 0 Å². The molecule has 1 saturated heterocycles. The van der Waals surface area contributed by atoms with Gasteiger partial charge in [0.05, 0.1) is 46.0 Å². The van der Waals surface area contributed by atoms with Crippen molar-refractivity contribution in [3.63, 3.8) is 0 Å². The van der Waals surface area contributed by atoms with Gasteiger partial charge in [-0.25, -0.2) is 14.1 Å². The van der Waals surface area contributed by atoms with Gasteiger partial charge in [-0.3, -0.25) is 14.4 Å². The first-order chi connectivity index (χ1) is 19.1. The minimum atomic E-state index is -3.81. The highest BCUT2D eigenvalue weighted by atomic mass is 19.1. The summed E-state index contributed by atoms with van der Waals surface area (Å²) in [5, 5.41) is 6.85. The molecule has 33 heavy (non-hydrogen) atoms. The zero-order chi connectivity index (χ0) is 30.1. The number of amides is 2. The van der Waals surface area contributed by atoms with Gasteiger partial charge < -0.3 is 14.8 Å². The lowest BCUT2D eigenvalue weighted by atomic mass is 10.1. The van der Waals surface area contributed by atoms with E-state index in [1.807, 2.05) is 0 Å². The lowest BCUT2D eigenvalue weighted by molar-refractivity contribution is -0.127. The highest BCUT2D eigenvalue weighted by Gasteiger charge is 2.31. The molecule has 1 fully saturated rings. The molecule has 11 heteroatoms. The van der Waals surface area contributed by atoms with Crippen molar-refractivity contribution in [1.29, 1.82) is 0 Å². The topological polar surface area (TPSA) is 117 Å². The Labute approximate surface area is 197 Å². The Kier molecular flexibility index (Phi) is 3.31. The molecule has 0 aliphatic carbocycles. The summed E-state index contributed by atoms with van der Waals surface area (Å²) < 4.78 is 83.3. The van der Waals surface area contributed by atoms with Gasteiger partial charge in [0.15, 0.2) is 11.6 Å². The summed E-state index contributed by atoms with van der Waals surface area (Å²) in [5.41, 5.74) is -1.10. The van der Waals surface area contributed by atoms with E-state index < -0.39 is 65.3 Å². The smallest absolute Gasteiger partial charge is 0.295 e. The lowest BCUT2D eigenvalue weighted by Gasteiger charge is -2.34. The first kappa shape index (κ1) is 13.2. The van der Waals surface area contributed by atoms with Gasteiger partial charge in [-0.1, -0.05) is 23.4 Å². The monoisotopic (exact) mass is 455 g/mol. The predicted molar refractivity (Wildman–Crippen MR) is 114 cm³/mol. The van der Waals surface area contributed by atoms with Crippen LogP contribution < -0.4 is 0 Å². The van der Waals surface area contributed by atoms with Gasteiger partial charge >= 0.3 is 0 Å². The molecule has 0 unspecified atom stereocenters. The SMILES string of the molecule is [2H]C1([2H])N(C(=O)C(=O)c2c[nH]c3c(-n4ccnn4)ncc(F)c23)C([2H])([2H])C([2H])([2H])N(C(=O)c2ccccc2)C1([2H])[2H]. The second kappa shape index (κ2) is 8.26. The maximum atomic E-state index is 14.9. The molecule has 1 N–H and O–H groups in total. The molecule has 166 valence electrons. The van der Waals surface area contributed by atoms with Crippen LogP contribution in [-0.2, 0) is 4.79 Å². The number of carbonyl (C=O) groups excluding carboxylic acids is 3. The fraction of sp³-hybridized carbons (Fsp3) is 0.182. The van der Waals surface area contributed by atoms with E-state index >= 15 is 0 Å². The number of nitrogens with zero attached hydrogens (tertiary/aromatic N) is 6. The lowest BCUT2D eigenvalue weighted by Crippen LogP contribution is -2.52. The van der Waals surface area contributed by atoms with Crippen molar-refractivity contribution in [3.05, 3.63) is 72.1 Å². The van der Waals surface area contributed by atoms with Crippen molar-refractivity contribution < 1.29 is 29.7 Å². The number of Topliss-reactive ketones (excluding diaryl/α,β-unsaturated/α-hetero) is 1. The zero-order valence-electron chi connectivity index (χ0n) is 24.5. The van der Waals surface area contributed by atoms with Crippen LogP contribution in [0.5, 0.6) is 0 Å². The number of pyridine rings is 1. The molecule has 10 nitrogen and oxygen atoms in total. The van der Waals surface area contributed by atoms with Gasteiger partial charge in [0, 0.05) is 37.7 Å². The zero-order valence-corrected chi connectivity index (χ0v) is 16.5. The Morgan fingerprint density at radius 3 is 2.48 bits per heavy atom. The largest absolute Gasteiger partial charge is 0.357 e. The van der Waals surface area contributed by atoms with Gasteiger partial charge in [-0.2, -0.15) is 0 Å². The molecule has 0 bridgehead atoms. The van der Waals surface area contributed by atoms with Gasteiger partial charge in [0.1, 0.15) is 0 Å². The number of ketones is 1. The first-order valence-corrected chi connectivity index (χ1v) is 9.37. The third-order valence-corrected chi connectivity index (χ3v) is 4.70. The molecule has 0 atom stereocenters. The maximum Gasteiger partial charge on any atom is 0.295 e. The van der Waals surface area contributed by atoms with Crippen molar-refractivity contribution >= 4 is 28.5 Å². The number of rotatable bonds is 4. The number of hydrogen-bond acceptors (Lipinski definition) is 6. The van der Waals surface area contributed by atoms with Crippen LogP contribution in [0.4, 0.5) is 4.39 Å². The number of carbonyl (C=O) groups is 3. The molecular formula is C22H18FN7O3. The summed E-state index contributed by atoms with van der Waals surface area (Å²) in [6.45, 7) is -15.0. The van der Waals surface area contributed by atoms with E-state index in [-0.39, 0.29) is 21.8 Å². The standard InChI is InChI=1S/C22H18FN7O3/c23-16-13-25-20(30-7-6-26-27-30)18-17(16)15(12-24-18)19(31)22(33)29-10-8-28(9-11-29)21(32)14-4-2-1-3-5-14/h1-7,12-13,24H,8-11H2/i8D2,9D2,10D2,11D2. The fourth-order valence-electron chi connectivity index (χ4n) is 3.15. The number of H-pyrrole nitrogens is 1. The molecule has 5 rings (SSSR count). The van der Waals surface area contributed by atoms with Crippen LogP contribution in [0, 0.1) is 5.82 Å². The van der Waals surface area contributed by atoms with Crippen LogP contribution in [-0.4, -0.2) is 78.3 Å². The Bertz CT molecular complexity index is 1670.